The predicted octanol–water partition coefficient (Wildman–Crippen LogP) is 0.247. The lowest BCUT2D eigenvalue weighted by molar-refractivity contribution is -0.186. The molecular weight excluding hydrogens is 403 g/mol. The summed E-state index contributed by atoms with van der Waals surface area (Å²) in [4.78, 5) is 46.7. The van der Waals surface area contributed by atoms with Gasteiger partial charge in [-0.15, -0.1) is 0 Å². The topological polar surface area (TPSA) is 148 Å². The van der Waals surface area contributed by atoms with Crippen LogP contribution in [0.3, 0.4) is 0 Å². The third-order valence-corrected chi connectivity index (χ3v) is 5.19. The molecule has 0 aromatic rings. The van der Waals surface area contributed by atoms with Gasteiger partial charge in [-0.05, 0) is 18.9 Å². The van der Waals surface area contributed by atoms with Crippen LogP contribution in [0.4, 0.5) is 18.0 Å². The van der Waals surface area contributed by atoms with Gasteiger partial charge in [0.25, 0.3) is 0 Å². The maximum atomic E-state index is 12.5. The van der Waals surface area contributed by atoms with Crippen molar-refractivity contribution in [3.8, 4) is 0 Å². The fourth-order valence-electron chi connectivity index (χ4n) is 2.75. The van der Waals surface area contributed by atoms with E-state index in [1.807, 2.05) is 0 Å². The Bertz CT molecular complexity index is 757. The highest BCUT2D eigenvalue weighted by molar-refractivity contribution is 8.06. The normalized spacial score (nSPS) is 18.4. The summed E-state index contributed by atoms with van der Waals surface area (Å²) in [5.41, 5.74) is 10.4. The van der Waals surface area contributed by atoms with Gasteiger partial charge in [-0.1, -0.05) is 11.8 Å². The van der Waals surface area contributed by atoms with Crippen LogP contribution in [0.2, 0.25) is 0 Å². The maximum absolute atomic E-state index is 12.5. The fraction of sp³-hybridized carbons (Fsp3) is 0.467. The van der Waals surface area contributed by atoms with E-state index >= 15 is 0 Å². The summed E-state index contributed by atoms with van der Waals surface area (Å²) in [6.45, 7) is -0.356. The van der Waals surface area contributed by atoms with Crippen LogP contribution in [0.1, 0.15) is 19.3 Å². The Morgan fingerprint density at radius 1 is 1.11 bits per heavy atom. The number of hydrogen-bond donors (Lipinski definition) is 4. The molecule has 0 unspecified atom stereocenters. The molecule has 0 aliphatic carbocycles. The van der Waals surface area contributed by atoms with Gasteiger partial charge >= 0.3 is 18.1 Å². The number of rotatable bonds is 4. The summed E-state index contributed by atoms with van der Waals surface area (Å²) in [5, 5.41) is 5.30. The van der Waals surface area contributed by atoms with E-state index in [2.05, 4.69) is 10.6 Å². The number of halogens is 3. The lowest BCUT2D eigenvalue weighted by Crippen LogP contribution is -2.47. The number of amides is 5. The number of hydrogen-bond acceptors (Lipinski definition) is 5. The number of nitrogens with one attached hydrogen (secondary N) is 2. The summed E-state index contributed by atoms with van der Waals surface area (Å²) in [7, 11) is 0. The van der Waals surface area contributed by atoms with Crippen LogP contribution in [-0.4, -0.2) is 47.9 Å². The van der Waals surface area contributed by atoms with Crippen LogP contribution in [0.5, 0.6) is 0 Å². The van der Waals surface area contributed by atoms with Gasteiger partial charge in [0.1, 0.15) is 0 Å². The second-order valence-corrected chi connectivity index (χ2v) is 7.14. The molecule has 1 saturated heterocycles. The molecule has 2 aliphatic rings. The zero-order chi connectivity index (χ0) is 21.1. The van der Waals surface area contributed by atoms with E-state index in [0.29, 0.717) is 9.93 Å². The molecule has 1 fully saturated rings. The number of piperidine rings is 1. The monoisotopic (exact) mass is 421 g/mol. The lowest BCUT2D eigenvalue weighted by Gasteiger charge is -2.32. The molecule has 2 aliphatic heterocycles. The maximum Gasteiger partial charge on any atom is 0.471 e. The molecule has 0 aromatic heterocycles. The second kappa shape index (κ2) is 8.54. The van der Waals surface area contributed by atoms with Crippen molar-refractivity contribution >= 4 is 35.5 Å². The molecule has 2 heterocycles. The molecule has 6 N–H and O–H groups in total. The SMILES string of the molecule is NC(=O)NC1=C(C(N)=O)CC=C(NC(=O)C2CCN(C(=O)C(F)(F)F)CC2)S1. The molecule has 0 aromatic carbocycles. The molecule has 5 amide bonds. The van der Waals surface area contributed by atoms with Gasteiger partial charge in [0.05, 0.1) is 15.6 Å². The minimum absolute atomic E-state index is 0.0616. The first-order valence-corrected chi connectivity index (χ1v) is 8.95. The van der Waals surface area contributed by atoms with E-state index in [9.17, 15) is 32.3 Å². The highest BCUT2D eigenvalue weighted by Crippen LogP contribution is 2.32. The fourth-order valence-corrected chi connectivity index (χ4v) is 3.75. The minimum atomic E-state index is -4.94. The number of alkyl halides is 3. The first kappa shape index (κ1) is 21.6. The Balaban J connectivity index is 1.93. The molecule has 28 heavy (non-hydrogen) atoms. The minimum Gasteiger partial charge on any atom is -0.366 e. The van der Waals surface area contributed by atoms with Crippen molar-refractivity contribution < 1.29 is 32.3 Å². The van der Waals surface area contributed by atoms with Crippen molar-refractivity contribution in [2.45, 2.75) is 25.4 Å². The van der Waals surface area contributed by atoms with Gasteiger partial charge in [0, 0.05) is 25.4 Å². The number of allylic oxidation sites excluding steroid dienone is 1. The Hall–Kier alpha value is -2.70. The molecule has 0 radical (unpaired) electrons. The number of thioether (sulfide) groups is 1. The number of nitrogens with zero attached hydrogens (tertiary/aromatic N) is 1. The van der Waals surface area contributed by atoms with E-state index in [1.54, 1.807) is 0 Å². The lowest BCUT2D eigenvalue weighted by atomic mass is 9.96. The van der Waals surface area contributed by atoms with E-state index < -0.39 is 35.8 Å². The molecule has 0 saturated carbocycles. The Kier molecular flexibility index (Phi) is 6.59. The highest BCUT2D eigenvalue weighted by atomic mass is 32.2. The van der Waals surface area contributed by atoms with Gasteiger partial charge < -0.3 is 27.0 Å². The summed E-state index contributed by atoms with van der Waals surface area (Å²) >= 11 is 0.880. The summed E-state index contributed by atoms with van der Waals surface area (Å²) < 4.78 is 37.4. The average molecular weight is 421 g/mol. The number of nitrogens with two attached hydrogens (primary N) is 2. The third-order valence-electron chi connectivity index (χ3n) is 4.15. The van der Waals surface area contributed by atoms with Crippen molar-refractivity contribution in [3.63, 3.8) is 0 Å². The standard InChI is InChI=1S/C15H18F3N5O4S/c16-15(17,18)13(26)23-5-3-7(4-6-23)11(25)21-9-2-1-8(10(19)24)12(28-9)22-14(20)27/h2,7H,1,3-6H2,(H2,19,24)(H,21,25)(H3,20,22,27). The van der Waals surface area contributed by atoms with Gasteiger partial charge in [0.15, 0.2) is 0 Å². The average Bonchev–Trinajstić information content (AvgIpc) is 2.59. The third kappa shape index (κ3) is 5.41. The van der Waals surface area contributed by atoms with Gasteiger partial charge in [-0.2, -0.15) is 13.2 Å². The quantitative estimate of drug-likeness (QED) is 0.514. The summed E-state index contributed by atoms with van der Waals surface area (Å²) in [5.74, 6) is -3.67. The number of carbonyl (C=O) groups is 4. The molecule has 9 nitrogen and oxygen atoms in total. The molecule has 13 heteroatoms. The number of urea groups is 1. The predicted molar refractivity (Wildman–Crippen MR) is 92.7 cm³/mol. The van der Waals surface area contributed by atoms with Gasteiger partial charge in [-0.25, -0.2) is 4.79 Å². The molecule has 2 rings (SSSR count). The van der Waals surface area contributed by atoms with Crippen LogP contribution >= 0.6 is 11.8 Å². The van der Waals surface area contributed by atoms with Crippen molar-refractivity contribution in [3.05, 3.63) is 21.7 Å². The van der Waals surface area contributed by atoms with Crippen LogP contribution < -0.4 is 22.1 Å². The largest absolute Gasteiger partial charge is 0.471 e. The molecule has 154 valence electrons. The summed E-state index contributed by atoms with van der Waals surface area (Å²) in [6, 6.07) is -0.907. The van der Waals surface area contributed by atoms with Crippen LogP contribution in [0, 0.1) is 5.92 Å². The molecule has 0 bridgehead atoms. The Morgan fingerprint density at radius 2 is 1.71 bits per heavy atom. The van der Waals surface area contributed by atoms with Crippen molar-refractivity contribution in [2.24, 2.45) is 17.4 Å². The highest BCUT2D eigenvalue weighted by Gasteiger charge is 2.43. The Labute approximate surface area is 161 Å². The first-order valence-electron chi connectivity index (χ1n) is 8.13. The van der Waals surface area contributed by atoms with E-state index in [-0.39, 0.29) is 43.0 Å². The Morgan fingerprint density at radius 3 is 2.21 bits per heavy atom. The van der Waals surface area contributed by atoms with Gasteiger partial charge in [0.2, 0.25) is 11.8 Å². The van der Waals surface area contributed by atoms with Crippen molar-refractivity contribution in [1.29, 1.82) is 0 Å². The second-order valence-electron chi connectivity index (χ2n) is 6.09. The van der Waals surface area contributed by atoms with Crippen LogP contribution in [0.25, 0.3) is 0 Å². The molecule has 0 spiro atoms. The smallest absolute Gasteiger partial charge is 0.366 e. The molecular formula is C15H18F3N5O4S. The van der Waals surface area contributed by atoms with Crippen LogP contribution in [-0.2, 0) is 14.4 Å². The number of likely N-dealkylation sites (tertiary alicyclic amines) is 1. The van der Waals surface area contributed by atoms with E-state index in [1.165, 1.54) is 6.08 Å². The zero-order valence-corrected chi connectivity index (χ0v) is 15.3. The van der Waals surface area contributed by atoms with Crippen LogP contribution in [0.15, 0.2) is 21.7 Å². The van der Waals surface area contributed by atoms with E-state index in [4.69, 9.17) is 11.5 Å². The first-order chi connectivity index (χ1) is 13.0. The van der Waals surface area contributed by atoms with Gasteiger partial charge in [-0.3, -0.25) is 14.4 Å². The van der Waals surface area contributed by atoms with E-state index in [0.717, 1.165) is 11.8 Å². The van der Waals surface area contributed by atoms with Crippen molar-refractivity contribution in [2.75, 3.05) is 13.1 Å². The summed E-state index contributed by atoms with van der Waals surface area (Å²) in [6.07, 6.45) is -3.18. The zero-order valence-electron chi connectivity index (χ0n) is 14.5. The number of primary amides is 2. The van der Waals surface area contributed by atoms with Crippen molar-refractivity contribution in [1.82, 2.24) is 15.5 Å². The number of carbonyl (C=O) groups excluding carboxylic acids is 4. The molecule has 0 atom stereocenters.